The molecule has 0 bridgehead atoms. The number of rotatable bonds is 4. The standard InChI is InChI=1S/C12H12N2O3/c15-11(10-4-2-1-3-5-10)17-9-8-14-7-6-13-12(14)16/h1-7H,8-9H2,(H,13,16). The second-order valence-corrected chi connectivity index (χ2v) is 3.46. The number of esters is 1. The molecule has 0 unspecified atom stereocenters. The zero-order chi connectivity index (χ0) is 12.1. The van der Waals surface area contributed by atoms with Crippen molar-refractivity contribution in [3.05, 3.63) is 58.8 Å². The summed E-state index contributed by atoms with van der Waals surface area (Å²) in [5, 5.41) is 0. The van der Waals surface area contributed by atoms with Crippen molar-refractivity contribution in [3.63, 3.8) is 0 Å². The first kappa shape index (κ1) is 11.2. The van der Waals surface area contributed by atoms with E-state index < -0.39 is 0 Å². The Labute approximate surface area is 97.7 Å². The molecule has 2 aromatic rings. The summed E-state index contributed by atoms with van der Waals surface area (Å²) in [5.74, 6) is -0.380. The maximum atomic E-state index is 11.5. The quantitative estimate of drug-likeness (QED) is 0.801. The molecule has 1 heterocycles. The molecule has 0 saturated heterocycles. The number of aromatic amines is 1. The molecule has 0 aliphatic heterocycles. The minimum Gasteiger partial charge on any atom is -0.460 e. The summed E-state index contributed by atoms with van der Waals surface area (Å²) < 4.78 is 6.49. The van der Waals surface area contributed by atoms with E-state index in [1.165, 1.54) is 4.57 Å². The Morgan fingerprint density at radius 3 is 2.71 bits per heavy atom. The number of H-pyrrole nitrogens is 1. The number of imidazole rings is 1. The number of hydrogen-bond acceptors (Lipinski definition) is 3. The second kappa shape index (κ2) is 5.16. The van der Waals surface area contributed by atoms with Crippen LogP contribution < -0.4 is 5.69 Å². The van der Waals surface area contributed by atoms with E-state index in [1.807, 2.05) is 6.07 Å². The van der Waals surface area contributed by atoms with Gasteiger partial charge in [0.1, 0.15) is 6.61 Å². The Balaban J connectivity index is 1.86. The summed E-state index contributed by atoms with van der Waals surface area (Å²) in [5.41, 5.74) is 0.301. The lowest BCUT2D eigenvalue weighted by atomic mass is 10.2. The fraction of sp³-hybridized carbons (Fsp3) is 0.167. The molecule has 0 aliphatic rings. The van der Waals surface area contributed by atoms with Gasteiger partial charge in [0.25, 0.3) is 0 Å². The first-order valence-corrected chi connectivity index (χ1v) is 5.23. The summed E-state index contributed by atoms with van der Waals surface area (Å²) >= 11 is 0. The van der Waals surface area contributed by atoms with E-state index in [0.29, 0.717) is 12.1 Å². The van der Waals surface area contributed by atoms with Crippen LogP contribution in [-0.2, 0) is 11.3 Å². The number of aromatic nitrogens is 2. The molecule has 0 fully saturated rings. The Kier molecular flexibility index (Phi) is 3.40. The highest BCUT2D eigenvalue weighted by atomic mass is 16.5. The van der Waals surface area contributed by atoms with Crippen molar-refractivity contribution in [1.82, 2.24) is 9.55 Å². The van der Waals surface area contributed by atoms with Gasteiger partial charge >= 0.3 is 11.7 Å². The van der Waals surface area contributed by atoms with E-state index >= 15 is 0 Å². The van der Waals surface area contributed by atoms with Crippen LogP contribution in [0.2, 0.25) is 0 Å². The minimum absolute atomic E-state index is 0.172. The highest BCUT2D eigenvalue weighted by Gasteiger charge is 2.05. The monoisotopic (exact) mass is 232 g/mol. The van der Waals surface area contributed by atoms with E-state index in [1.54, 1.807) is 36.7 Å². The average Bonchev–Trinajstić information content (AvgIpc) is 2.76. The smallest absolute Gasteiger partial charge is 0.338 e. The lowest BCUT2D eigenvalue weighted by molar-refractivity contribution is 0.0490. The van der Waals surface area contributed by atoms with Crippen LogP contribution in [0.5, 0.6) is 0 Å². The van der Waals surface area contributed by atoms with E-state index in [9.17, 15) is 9.59 Å². The molecule has 88 valence electrons. The summed E-state index contributed by atoms with van der Waals surface area (Å²) in [7, 11) is 0. The second-order valence-electron chi connectivity index (χ2n) is 3.46. The third-order valence-corrected chi connectivity index (χ3v) is 2.30. The number of nitrogens with zero attached hydrogens (tertiary/aromatic N) is 1. The molecule has 2 rings (SSSR count). The molecule has 1 aromatic heterocycles. The fourth-order valence-corrected chi connectivity index (χ4v) is 1.42. The van der Waals surface area contributed by atoms with Crippen LogP contribution in [0.25, 0.3) is 0 Å². The number of hydrogen-bond donors (Lipinski definition) is 1. The van der Waals surface area contributed by atoms with Crippen LogP contribution in [0.3, 0.4) is 0 Å². The van der Waals surface area contributed by atoms with Crippen LogP contribution >= 0.6 is 0 Å². The molecule has 1 N–H and O–H groups in total. The normalized spacial score (nSPS) is 10.1. The molecule has 0 amide bonds. The minimum atomic E-state index is -0.380. The van der Waals surface area contributed by atoms with Gasteiger partial charge in [-0.3, -0.25) is 4.57 Å². The maximum absolute atomic E-state index is 11.5. The predicted molar refractivity (Wildman–Crippen MR) is 61.8 cm³/mol. The largest absolute Gasteiger partial charge is 0.460 e. The van der Waals surface area contributed by atoms with Crippen molar-refractivity contribution in [1.29, 1.82) is 0 Å². The summed E-state index contributed by atoms with van der Waals surface area (Å²) in [4.78, 5) is 25.2. The van der Waals surface area contributed by atoms with Gasteiger partial charge < -0.3 is 9.72 Å². The molecule has 0 radical (unpaired) electrons. The van der Waals surface area contributed by atoms with Crippen LogP contribution in [0.1, 0.15) is 10.4 Å². The SMILES string of the molecule is O=C(OCCn1cc[nH]c1=O)c1ccccc1. The van der Waals surface area contributed by atoms with Crippen LogP contribution in [0.15, 0.2) is 47.5 Å². The highest BCUT2D eigenvalue weighted by molar-refractivity contribution is 5.89. The molecule has 0 saturated carbocycles. The molecular weight excluding hydrogens is 220 g/mol. The number of nitrogens with one attached hydrogen (secondary N) is 1. The lowest BCUT2D eigenvalue weighted by Crippen LogP contribution is -2.20. The predicted octanol–water partition coefficient (Wildman–Crippen LogP) is 1.03. The number of ether oxygens (including phenoxy) is 1. The van der Waals surface area contributed by atoms with Crippen molar-refractivity contribution in [2.24, 2.45) is 0 Å². The fourth-order valence-electron chi connectivity index (χ4n) is 1.42. The van der Waals surface area contributed by atoms with Gasteiger partial charge in [-0.1, -0.05) is 18.2 Å². The molecule has 0 spiro atoms. The van der Waals surface area contributed by atoms with Gasteiger partial charge in [0.05, 0.1) is 12.1 Å². The molecule has 0 atom stereocenters. The van der Waals surface area contributed by atoms with Gasteiger partial charge in [-0.25, -0.2) is 9.59 Å². The Morgan fingerprint density at radius 1 is 1.29 bits per heavy atom. The zero-order valence-electron chi connectivity index (χ0n) is 9.13. The van der Waals surface area contributed by atoms with Crippen molar-refractivity contribution in [2.45, 2.75) is 6.54 Å². The summed E-state index contributed by atoms with van der Waals surface area (Å²) in [6.07, 6.45) is 3.15. The van der Waals surface area contributed by atoms with E-state index in [2.05, 4.69) is 4.98 Å². The third-order valence-electron chi connectivity index (χ3n) is 2.30. The lowest BCUT2D eigenvalue weighted by Gasteiger charge is -2.04. The molecule has 1 aromatic carbocycles. The Hall–Kier alpha value is -2.30. The first-order chi connectivity index (χ1) is 8.27. The van der Waals surface area contributed by atoms with E-state index in [0.717, 1.165) is 0 Å². The maximum Gasteiger partial charge on any atom is 0.338 e. The zero-order valence-corrected chi connectivity index (χ0v) is 9.13. The van der Waals surface area contributed by atoms with Gasteiger partial charge in [-0.05, 0) is 12.1 Å². The van der Waals surface area contributed by atoms with Gasteiger partial charge in [0, 0.05) is 12.4 Å². The number of benzene rings is 1. The average molecular weight is 232 g/mol. The molecule has 17 heavy (non-hydrogen) atoms. The molecule has 5 heteroatoms. The van der Waals surface area contributed by atoms with E-state index in [-0.39, 0.29) is 18.3 Å². The molecule has 5 nitrogen and oxygen atoms in total. The summed E-state index contributed by atoms with van der Waals surface area (Å²) in [6, 6.07) is 8.74. The van der Waals surface area contributed by atoms with Crippen LogP contribution in [-0.4, -0.2) is 22.1 Å². The van der Waals surface area contributed by atoms with Gasteiger partial charge in [-0.2, -0.15) is 0 Å². The number of carbonyl (C=O) groups is 1. The van der Waals surface area contributed by atoms with E-state index in [4.69, 9.17) is 4.74 Å². The molecular formula is C12H12N2O3. The van der Waals surface area contributed by atoms with Crippen molar-refractivity contribution in [2.75, 3.05) is 6.61 Å². The van der Waals surface area contributed by atoms with Crippen molar-refractivity contribution < 1.29 is 9.53 Å². The van der Waals surface area contributed by atoms with Crippen LogP contribution in [0, 0.1) is 0 Å². The van der Waals surface area contributed by atoms with Crippen molar-refractivity contribution >= 4 is 5.97 Å². The summed E-state index contributed by atoms with van der Waals surface area (Å²) in [6.45, 7) is 0.520. The van der Waals surface area contributed by atoms with Crippen LogP contribution in [0.4, 0.5) is 0 Å². The molecule has 0 aliphatic carbocycles. The van der Waals surface area contributed by atoms with Crippen molar-refractivity contribution in [3.8, 4) is 0 Å². The number of carbonyl (C=O) groups excluding carboxylic acids is 1. The Morgan fingerprint density at radius 2 is 2.06 bits per heavy atom. The topological polar surface area (TPSA) is 64.1 Å². The first-order valence-electron chi connectivity index (χ1n) is 5.23. The van der Waals surface area contributed by atoms with Gasteiger partial charge in [0.2, 0.25) is 0 Å². The Bertz CT molecular complexity index is 542. The highest BCUT2D eigenvalue weighted by Crippen LogP contribution is 2.00. The van der Waals surface area contributed by atoms with Gasteiger partial charge in [0.15, 0.2) is 0 Å². The third kappa shape index (κ3) is 2.84. The van der Waals surface area contributed by atoms with Gasteiger partial charge in [-0.15, -0.1) is 0 Å².